The van der Waals surface area contributed by atoms with Gasteiger partial charge in [-0.3, -0.25) is 4.79 Å². The van der Waals surface area contributed by atoms with Crippen LogP contribution < -0.4 is 5.32 Å². The van der Waals surface area contributed by atoms with Crippen molar-refractivity contribution in [1.82, 2.24) is 19.0 Å². The van der Waals surface area contributed by atoms with Gasteiger partial charge in [-0.2, -0.15) is 8.75 Å². The molecule has 0 saturated carbocycles. The molecule has 2 heterocycles. The topological polar surface area (TPSA) is 80.9 Å². The summed E-state index contributed by atoms with van der Waals surface area (Å²) < 4.78 is 13.6. The molecule has 24 heavy (non-hydrogen) atoms. The predicted molar refractivity (Wildman–Crippen MR) is 90.5 cm³/mol. The van der Waals surface area contributed by atoms with Crippen LogP contribution in [0.25, 0.3) is 22.4 Å². The number of aromatic nitrogens is 3. The van der Waals surface area contributed by atoms with E-state index in [0.717, 1.165) is 22.2 Å². The van der Waals surface area contributed by atoms with Gasteiger partial charge in [0.25, 0.3) is 5.91 Å². The van der Waals surface area contributed by atoms with Crippen LogP contribution in [0.2, 0.25) is 0 Å². The van der Waals surface area contributed by atoms with Crippen LogP contribution in [0, 0.1) is 0 Å². The third kappa shape index (κ3) is 2.89. The molecule has 0 fully saturated rings. The first-order valence-corrected chi connectivity index (χ1v) is 8.01. The molecule has 1 amide bonds. The number of nitrogens with zero attached hydrogens (tertiary/aromatic N) is 3. The summed E-state index contributed by atoms with van der Waals surface area (Å²) in [6.45, 7) is 0.441. The van der Waals surface area contributed by atoms with E-state index in [9.17, 15) is 4.79 Å². The summed E-state index contributed by atoms with van der Waals surface area (Å²) in [5.41, 5.74) is 4.18. The van der Waals surface area contributed by atoms with Gasteiger partial charge in [-0.15, -0.1) is 0 Å². The van der Waals surface area contributed by atoms with Crippen molar-refractivity contribution in [3.05, 3.63) is 66.2 Å². The SMILES string of the molecule is O=C(NCc1ccc2nsnc2c1)c1ccc(-c2cnco2)cc1. The monoisotopic (exact) mass is 336 g/mol. The third-order valence-electron chi connectivity index (χ3n) is 3.64. The van der Waals surface area contributed by atoms with Gasteiger partial charge in [0.05, 0.1) is 17.9 Å². The smallest absolute Gasteiger partial charge is 0.251 e. The first-order chi connectivity index (χ1) is 11.8. The number of carbonyl (C=O) groups is 1. The molecule has 2 aromatic heterocycles. The molecule has 0 aliphatic rings. The highest BCUT2D eigenvalue weighted by molar-refractivity contribution is 7.00. The Bertz CT molecular complexity index is 977. The van der Waals surface area contributed by atoms with E-state index in [1.807, 2.05) is 30.3 Å². The molecule has 0 atom stereocenters. The molecule has 0 saturated heterocycles. The number of rotatable bonds is 4. The molecule has 1 N–H and O–H groups in total. The Morgan fingerprint density at radius 3 is 2.71 bits per heavy atom. The zero-order valence-electron chi connectivity index (χ0n) is 12.5. The Kier molecular flexibility index (Phi) is 3.76. The zero-order valence-corrected chi connectivity index (χ0v) is 13.3. The van der Waals surface area contributed by atoms with Crippen molar-refractivity contribution >= 4 is 28.7 Å². The standard InChI is InChI=1S/C17H12N4O2S/c22-17(13-4-2-12(3-5-13)16-9-18-10-23-16)19-8-11-1-6-14-15(7-11)21-24-20-14/h1-7,9-10H,8H2,(H,19,22). The fourth-order valence-electron chi connectivity index (χ4n) is 2.37. The summed E-state index contributed by atoms with van der Waals surface area (Å²) in [5.74, 6) is 0.544. The Balaban J connectivity index is 1.43. The summed E-state index contributed by atoms with van der Waals surface area (Å²) in [5, 5.41) is 2.91. The van der Waals surface area contributed by atoms with E-state index in [1.165, 1.54) is 18.1 Å². The highest BCUT2D eigenvalue weighted by atomic mass is 32.1. The molecular weight excluding hydrogens is 324 g/mol. The van der Waals surface area contributed by atoms with E-state index in [4.69, 9.17) is 4.42 Å². The average Bonchev–Trinajstić information content (AvgIpc) is 3.31. The van der Waals surface area contributed by atoms with Gasteiger partial charge < -0.3 is 9.73 Å². The van der Waals surface area contributed by atoms with E-state index >= 15 is 0 Å². The number of oxazole rings is 1. The minimum absolute atomic E-state index is 0.129. The maximum absolute atomic E-state index is 12.3. The van der Waals surface area contributed by atoms with Crippen molar-refractivity contribution in [1.29, 1.82) is 0 Å². The second kappa shape index (κ2) is 6.21. The van der Waals surface area contributed by atoms with Gasteiger partial charge in [0.1, 0.15) is 11.0 Å². The molecule has 0 radical (unpaired) electrons. The molecule has 0 bridgehead atoms. The van der Waals surface area contributed by atoms with Crippen LogP contribution in [0.1, 0.15) is 15.9 Å². The van der Waals surface area contributed by atoms with Gasteiger partial charge in [0, 0.05) is 17.7 Å². The Hall–Kier alpha value is -3.06. The van der Waals surface area contributed by atoms with Crippen molar-refractivity contribution in [2.45, 2.75) is 6.54 Å². The highest BCUT2D eigenvalue weighted by Crippen LogP contribution is 2.19. The van der Waals surface area contributed by atoms with Gasteiger partial charge in [-0.25, -0.2) is 4.98 Å². The van der Waals surface area contributed by atoms with Crippen molar-refractivity contribution in [2.24, 2.45) is 0 Å². The number of fused-ring (bicyclic) bond motifs is 1. The first-order valence-electron chi connectivity index (χ1n) is 7.28. The summed E-state index contributed by atoms with van der Waals surface area (Å²) >= 11 is 1.18. The quantitative estimate of drug-likeness (QED) is 0.618. The van der Waals surface area contributed by atoms with Crippen LogP contribution in [0.3, 0.4) is 0 Å². The van der Waals surface area contributed by atoms with Crippen LogP contribution in [-0.2, 0) is 6.54 Å². The molecular formula is C17H12N4O2S. The van der Waals surface area contributed by atoms with E-state index in [1.54, 1.807) is 18.3 Å². The number of benzene rings is 2. The van der Waals surface area contributed by atoms with E-state index < -0.39 is 0 Å². The average molecular weight is 336 g/mol. The Morgan fingerprint density at radius 1 is 1.08 bits per heavy atom. The summed E-state index contributed by atoms with van der Waals surface area (Å²) in [4.78, 5) is 16.1. The van der Waals surface area contributed by atoms with Crippen LogP contribution in [0.15, 0.2) is 59.5 Å². The summed E-state index contributed by atoms with van der Waals surface area (Å²) in [6.07, 6.45) is 3.02. The molecule has 118 valence electrons. The van der Waals surface area contributed by atoms with E-state index in [0.29, 0.717) is 17.9 Å². The van der Waals surface area contributed by atoms with Crippen molar-refractivity contribution in [3.63, 3.8) is 0 Å². The summed E-state index contributed by atoms with van der Waals surface area (Å²) in [7, 11) is 0. The van der Waals surface area contributed by atoms with Crippen molar-refractivity contribution in [3.8, 4) is 11.3 Å². The molecule has 0 aliphatic carbocycles. The number of amides is 1. The molecule has 0 aliphatic heterocycles. The van der Waals surface area contributed by atoms with Gasteiger partial charge in [0.2, 0.25) is 0 Å². The maximum Gasteiger partial charge on any atom is 0.251 e. The van der Waals surface area contributed by atoms with Crippen LogP contribution in [0.4, 0.5) is 0 Å². The third-order valence-corrected chi connectivity index (χ3v) is 4.19. The molecule has 7 heteroatoms. The van der Waals surface area contributed by atoms with Gasteiger partial charge in [-0.05, 0) is 29.8 Å². The molecule has 4 aromatic rings. The lowest BCUT2D eigenvalue weighted by Gasteiger charge is -2.06. The zero-order chi connectivity index (χ0) is 16.4. The van der Waals surface area contributed by atoms with Crippen molar-refractivity contribution in [2.75, 3.05) is 0 Å². The Labute approximate surface area is 141 Å². The van der Waals surface area contributed by atoms with Crippen LogP contribution in [0.5, 0.6) is 0 Å². The molecule has 0 spiro atoms. The lowest BCUT2D eigenvalue weighted by Crippen LogP contribution is -2.22. The molecule has 6 nitrogen and oxygen atoms in total. The van der Waals surface area contributed by atoms with Crippen molar-refractivity contribution < 1.29 is 9.21 Å². The maximum atomic E-state index is 12.3. The molecule has 0 unspecified atom stereocenters. The second-order valence-electron chi connectivity index (χ2n) is 5.21. The number of hydrogen-bond acceptors (Lipinski definition) is 6. The van der Waals surface area contributed by atoms with Gasteiger partial charge in [-0.1, -0.05) is 18.2 Å². The summed E-state index contributed by atoms with van der Waals surface area (Å²) in [6, 6.07) is 13.0. The minimum atomic E-state index is -0.129. The first kappa shape index (κ1) is 14.5. The highest BCUT2D eigenvalue weighted by Gasteiger charge is 2.08. The number of nitrogens with one attached hydrogen (secondary N) is 1. The predicted octanol–water partition coefficient (Wildman–Crippen LogP) is 3.28. The lowest BCUT2D eigenvalue weighted by molar-refractivity contribution is 0.0951. The minimum Gasteiger partial charge on any atom is -0.444 e. The van der Waals surface area contributed by atoms with Crippen LogP contribution >= 0.6 is 11.7 Å². The normalized spacial score (nSPS) is 10.8. The lowest BCUT2D eigenvalue weighted by atomic mass is 10.1. The largest absolute Gasteiger partial charge is 0.444 e. The fraction of sp³-hybridized carbons (Fsp3) is 0.0588. The van der Waals surface area contributed by atoms with Gasteiger partial charge >= 0.3 is 0 Å². The van der Waals surface area contributed by atoms with E-state index in [2.05, 4.69) is 19.0 Å². The van der Waals surface area contributed by atoms with Crippen LogP contribution in [-0.4, -0.2) is 19.6 Å². The fourth-order valence-corrected chi connectivity index (χ4v) is 2.88. The van der Waals surface area contributed by atoms with Gasteiger partial charge in [0.15, 0.2) is 12.2 Å². The number of hydrogen-bond donors (Lipinski definition) is 1. The van der Waals surface area contributed by atoms with E-state index in [-0.39, 0.29) is 5.91 Å². The second-order valence-corrected chi connectivity index (χ2v) is 5.74. The Morgan fingerprint density at radius 2 is 1.92 bits per heavy atom. The molecule has 2 aromatic carbocycles. The number of carbonyl (C=O) groups excluding carboxylic acids is 1. The molecule has 4 rings (SSSR count).